The van der Waals surface area contributed by atoms with Crippen molar-refractivity contribution in [2.75, 3.05) is 23.4 Å². The van der Waals surface area contributed by atoms with Crippen molar-refractivity contribution in [2.24, 2.45) is 0 Å². The summed E-state index contributed by atoms with van der Waals surface area (Å²) in [4.78, 5) is 26.7. The van der Waals surface area contributed by atoms with Crippen molar-refractivity contribution in [1.82, 2.24) is 15.0 Å². The van der Waals surface area contributed by atoms with Gasteiger partial charge in [0.15, 0.2) is 11.6 Å². The van der Waals surface area contributed by atoms with Crippen LogP contribution in [0.3, 0.4) is 0 Å². The molecule has 0 saturated carbocycles. The molecule has 0 radical (unpaired) electrons. The molecule has 7 nitrogen and oxygen atoms in total. The van der Waals surface area contributed by atoms with Gasteiger partial charge in [0.05, 0.1) is 12.3 Å². The molecule has 1 aromatic carbocycles. The third-order valence-corrected chi connectivity index (χ3v) is 4.06. The lowest BCUT2D eigenvalue weighted by molar-refractivity contribution is 0.256. The van der Waals surface area contributed by atoms with E-state index in [1.165, 1.54) is 23.4 Å². The van der Waals surface area contributed by atoms with Crippen LogP contribution in [0, 0.1) is 5.82 Å². The van der Waals surface area contributed by atoms with Gasteiger partial charge >= 0.3 is 6.03 Å². The van der Waals surface area contributed by atoms with Crippen molar-refractivity contribution in [3.05, 3.63) is 60.8 Å². The van der Waals surface area contributed by atoms with Gasteiger partial charge in [0, 0.05) is 18.3 Å². The van der Waals surface area contributed by atoms with E-state index < -0.39 is 0 Å². The van der Waals surface area contributed by atoms with E-state index in [2.05, 4.69) is 20.3 Å². The van der Waals surface area contributed by atoms with Gasteiger partial charge in [0.25, 0.3) is 0 Å². The Kier molecular flexibility index (Phi) is 4.61. The molecule has 0 saturated heterocycles. The molecule has 27 heavy (non-hydrogen) atoms. The van der Waals surface area contributed by atoms with Crippen LogP contribution < -0.4 is 15.0 Å². The van der Waals surface area contributed by atoms with Gasteiger partial charge in [-0.25, -0.2) is 24.1 Å². The molecule has 0 aliphatic carbocycles. The Balaban J connectivity index is 1.69. The molecular weight excluding hydrogens is 349 g/mol. The van der Waals surface area contributed by atoms with Crippen LogP contribution in [0.15, 0.2) is 55.0 Å². The number of urea groups is 1. The van der Waals surface area contributed by atoms with E-state index in [0.29, 0.717) is 48.2 Å². The summed E-state index contributed by atoms with van der Waals surface area (Å²) in [6.07, 6.45) is 3.56. The van der Waals surface area contributed by atoms with Crippen molar-refractivity contribution in [3.63, 3.8) is 0 Å². The number of benzene rings is 1. The van der Waals surface area contributed by atoms with Crippen molar-refractivity contribution in [2.45, 2.75) is 6.42 Å². The first-order chi connectivity index (χ1) is 13.2. The largest absolute Gasteiger partial charge is 0.490 e. The highest BCUT2D eigenvalue weighted by molar-refractivity contribution is 6.01. The zero-order valence-electron chi connectivity index (χ0n) is 14.3. The molecule has 2 amide bonds. The van der Waals surface area contributed by atoms with Crippen LogP contribution in [0.4, 0.5) is 20.8 Å². The quantitative estimate of drug-likeness (QED) is 0.752. The molecule has 1 aliphatic rings. The van der Waals surface area contributed by atoms with Gasteiger partial charge in [0.2, 0.25) is 0 Å². The summed E-state index contributed by atoms with van der Waals surface area (Å²) >= 11 is 0. The third-order valence-electron chi connectivity index (χ3n) is 4.06. The lowest BCUT2D eigenvalue weighted by Crippen LogP contribution is -2.36. The fourth-order valence-electron chi connectivity index (χ4n) is 2.80. The van der Waals surface area contributed by atoms with Gasteiger partial charge in [-0.1, -0.05) is 12.1 Å². The minimum atomic E-state index is -0.371. The van der Waals surface area contributed by atoms with Gasteiger partial charge in [-0.15, -0.1) is 0 Å². The summed E-state index contributed by atoms with van der Waals surface area (Å²) in [5, 5.41) is 2.73. The Labute approximate surface area is 154 Å². The second kappa shape index (κ2) is 7.36. The van der Waals surface area contributed by atoms with Crippen LogP contribution in [0.2, 0.25) is 0 Å². The average Bonchev–Trinajstić information content (AvgIpc) is 2.90. The standard InChI is InChI=1S/C19H16FN5O2/c20-14-4-1-3-13(11-14)15-5-6-16-18(23-15)25(9-2-10-27-16)19(26)24-17-7-8-21-12-22-17/h1,3-8,11-12H,2,9-10H2,(H,21,22,24,26). The zero-order chi connectivity index (χ0) is 18.6. The molecule has 0 fully saturated rings. The maximum atomic E-state index is 13.6. The molecule has 3 aromatic rings. The molecule has 2 aromatic heterocycles. The highest BCUT2D eigenvalue weighted by Gasteiger charge is 2.24. The van der Waals surface area contributed by atoms with Crippen LogP contribution in [0.25, 0.3) is 11.3 Å². The summed E-state index contributed by atoms with van der Waals surface area (Å²) in [5.74, 6) is 0.938. The smallest absolute Gasteiger partial charge is 0.328 e. The molecule has 0 bridgehead atoms. The van der Waals surface area contributed by atoms with E-state index in [-0.39, 0.29) is 11.8 Å². The number of carbonyl (C=O) groups is 1. The summed E-state index contributed by atoms with van der Waals surface area (Å²) in [5.41, 5.74) is 1.18. The summed E-state index contributed by atoms with van der Waals surface area (Å²) in [7, 11) is 0. The van der Waals surface area contributed by atoms with Crippen molar-refractivity contribution < 1.29 is 13.9 Å². The average molecular weight is 365 g/mol. The number of fused-ring (bicyclic) bond motifs is 1. The Morgan fingerprint density at radius 1 is 1.22 bits per heavy atom. The van der Waals surface area contributed by atoms with Gasteiger partial charge in [0.1, 0.15) is 18.0 Å². The van der Waals surface area contributed by atoms with Crippen molar-refractivity contribution in [1.29, 1.82) is 0 Å². The summed E-state index contributed by atoms with van der Waals surface area (Å²) in [6.45, 7) is 0.912. The monoisotopic (exact) mass is 365 g/mol. The number of carbonyl (C=O) groups excluding carboxylic acids is 1. The Hall–Kier alpha value is -3.55. The molecule has 0 unspecified atom stereocenters. The van der Waals surface area contributed by atoms with Crippen LogP contribution >= 0.6 is 0 Å². The maximum absolute atomic E-state index is 13.6. The SMILES string of the molecule is O=C(Nc1ccncn1)N1CCCOc2ccc(-c3cccc(F)c3)nc21. The Morgan fingerprint density at radius 2 is 2.15 bits per heavy atom. The van der Waals surface area contributed by atoms with E-state index in [4.69, 9.17) is 4.74 Å². The second-order valence-corrected chi connectivity index (χ2v) is 5.91. The zero-order valence-corrected chi connectivity index (χ0v) is 14.3. The third kappa shape index (κ3) is 3.69. The van der Waals surface area contributed by atoms with Crippen LogP contribution in [-0.2, 0) is 0 Å². The molecule has 3 heterocycles. The molecule has 4 rings (SSSR count). The number of hydrogen-bond acceptors (Lipinski definition) is 5. The van der Waals surface area contributed by atoms with Gasteiger partial charge < -0.3 is 4.74 Å². The number of ether oxygens (including phenoxy) is 1. The predicted molar refractivity (Wildman–Crippen MR) is 98.1 cm³/mol. The van der Waals surface area contributed by atoms with Crippen LogP contribution in [0.1, 0.15) is 6.42 Å². The van der Waals surface area contributed by atoms with Gasteiger partial charge in [-0.05, 0) is 36.8 Å². The van der Waals surface area contributed by atoms with E-state index in [9.17, 15) is 9.18 Å². The van der Waals surface area contributed by atoms with Crippen molar-refractivity contribution >= 4 is 17.7 Å². The molecule has 0 atom stereocenters. The fourth-order valence-corrected chi connectivity index (χ4v) is 2.80. The molecule has 1 aliphatic heterocycles. The van der Waals surface area contributed by atoms with E-state index in [0.717, 1.165) is 0 Å². The summed E-state index contributed by atoms with van der Waals surface area (Å²) in [6, 6.07) is 10.9. The molecule has 8 heteroatoms. The summed E-state index contributed by atoms with van der Waals surface area (Å²) < 4.78 is 19.3. The minimum Gasteiger partial charge on any atom is -0.490 e. The maximum Gasteiger partial charge on any atom is 0.328 e. The molecule has 1 N–H and O–H groups in total. The lowest BCUT2D eigenvalue weighted by Gasteiger charge is -2.21. The van der Waals surface area contributed by atoms with Gasteiger partial charge in [-0.2, -0.15) is 0 Å². The minimum absolute atomic E-state index is 0.348. The number of nitrogens with zero attached hydrogens (tertiary/aromatic N) is 4. The Bertz CT molecular complexity index is 967. The fraction of sp³-hybridized carbons (Fsp3) is 0.158. The highest BCUT2D eigenvalue weighted by Crippen LogP contribution is 2.32. The van der Waals surface area contributed by atoms with E-state index in [1.54, 1.807) is 36.5 Å². The number of hydrogen-bond donors (Lipinski definition) is 1. The first-order valence-electron chi connectivity index (χ1n) is 8.45. The molecular formula is C19H16FN5O2. The van der Waals surface area contributed by atoms with Crippen LogP contribution in [0.5, 0.6) is 5.75 Å². The number of anilines is 2. The molecule has 136 valence electrons. The van der Waals surface area contributed by atoms with Crippen LogP contribution in [-0.4, -0.2) is 34.1 Å². The lowest BCUT2D eigenvalue weighted by atomic mass is 10.1. The highest BCUT2D eigenvalue weighted by atomic mass is 19.1. The number of amides is 2. The van der Waals surface area contributed by atoms with E-state index >= 15 is 0 Å². The first-order valence-corrected chi connectivity index (χ1v) is 8.45. The number of aromatic nitrogens is 3. The van der Waals surface area contributed by atoms with Gasteiger partial charge in [-0.3, -0.25) is 10.2 Å². The van der Waals surface area contributed by atoms with Crippen molar-refractivity contribution in [3.8, 4) is 17.0 Å². The number of rotatable bonds is 2. The number of nitrogens with one attached hydrogen (secondary N) is 1. The van der Waals surface area contributed by atoms with E-state index in [1.807, 2.05) is 0 Å². The number of halogens is 1. The molecule has 0 spiro atoms. The Morgan fingerprint density at radius 3 is 2.96 bits per heavy atom. The predicted octanol–water partition coefficient (Wildman–Crippen LogP) is 3.50. The second-order valence-electron chi connectivity index (χ2n) is 5.91. The normalized spacial score (nSPS) is 13.3. The first kappa shape index (κ1) is 16.9. The topological polar surface area (TPSA) is 80.2 Å². The number of pyridine rings is 1.